The first-order valence-electron chi connectivity index (χ1n) is 11.1. The average Bonchev–Trinajstić information content (AvgIpc) is 3.18. The van der Waals surface area contributed by atoms with E-state index in [0.29, 0.717) is 39.9 Å². The molecule has 3 aromatic rings. The van der Waals surface area contributed by atoms with Crippen LogP contribution in [-0.2, 0) is 14.8 Å². The summed E-state index contributed by atoms with van der Waals surface area (Å²) in [4.78, 5) is 16.9. The van der Waals surface area contributed by atoms with E-state index in [-0.39, 0.29) is 29.2 Å². The molecule has 10 heteroatoms. The van der Waals surface area contributed by atoms with Crippen molar-refractivity contribution < 1.29 is 22.7 Å². The minimum atomic E-state index is -3.64. The van der Waals surface area contributed by atoms with E-state index in [4.69, 9.17) is 9.47 Å². The van der Waals surface area contributed by atoms with Gasteiger partial charge >= 0.3 is 0 Å². The van der Waals surface area contributed by atoms with Gasteiger partial charge in [-0.05, 0) is 54.3 Å². The maximum atomic E-state index is 13.3. The quantitative estimate of drug-likeness (QED) is 0.408. The Bertz CT molecular complexity index is 1210. The fourth-order valence-electron chi connectivity index (χ4n) is 3.33. The van der Waals surface area contributed by atoms with Crippen LogP contribution in [0.4, 0.5) is 5.13 Å². The van der Waals surface area contributed by atoms with Crippen LogP contribution in [-0.4, -0.2) is 50.4 Å². The number of benzene rings is 2. The maximum Gasteiger partial charge on any atom is 0.264 e. The van der Waals surface area contributed by atoms with Crippen molar-refractivity contribution >= 4 is 42.6 Å². The molecular formula is C24H31N3O5S2. The molecule has 0 aliphatic heterocycles. The van der Waals surface area contributed by atoms with Gasteiger partial charge in [0.05, 0.1) is 22.2 Å². The first-order valence-corrected chi connectivity index (χ1v) is 13.3. The molecule has 8 nitrogen and oxygen atoms in total. The topological polar surface area (TPSA) is 97.8 Å². The van der Waals surface area contributed by atoms with E-state index in [9.17, 15) is 13.2 Å². The van der Waals surface area contributed by atoms with Crippen LogP contribution in [0.3, 0.4) is 0 Å². The van der Waals surface area contributed by atoms with E-state index in [1.54, 1.807) is 53.9 Å². The van der Waals surface area contributed by atoms with E-state index in [1.807, 2.05) is 27.7 Å². The molecule has 184 valence electrons. The van der Waals surface area contributed by atoms with Crippen molar-refractivity contribution in [2.75, 3.05) is 32.1 Å². The van der Waals surface area contributed by atoms with Crippen molar-refractivity contribution in [1.29, 1.82) is 0 Å². The third kappa shape index (κ3) is 6.68. The second kappa shape index (κ2) is 11.2. The third-order valence-corrected chi connectivity index (χ3v) is 7.57. The summed E-state index contributed by atoms with van der Waals surface area (Å²) in [7, 11) is -2.07. The van der Waals surface area contributed by atoms with Crippen LogP contribution in [0.2, 0.25) is 0 Å². The molecule has 1 aromatic heterocycles. The Hall–Kier alpha value is -2.69. The lowest BCUT2D eigenvalue weighted by Gasteiger charge is -2.25. The Morgan fingerprint density at radius 2 is 1.65 bits per heavy atom. The van der Waals surface area contributed by atoms with Gasteiger partial charge < -0.3 is 9.47 Å². The number of rotatable bonds is 11. The highest BCUT2D eigenvalue weighted by atomic mass is 32.2. The van der Waals surface area contributed by atoms with E-state index >= 15 is 0 Å². The number of thiazole rings is 1. The normalized spacial score (nSPS) is 12.0. The number of carbonyl (C=O) groups is 1. The van der Waals surface area contributed by atoms with Gasteiger partial charge in [-0.25, -0.2) is 13.4 Å². The van der Waals surface area contributed by atoms with Crippen LogP contribution in [0.25, 0.3) is 10.2 Å². The smallest absolute Gasteiger partial charge is 0.264 e. The zero-order chi connectivity index (χ0) is 24.9. The van der Waals surface area contributed by atoms with E-state index < -0.39 is 10.0 Å². The van der Waals surface area contributed by atoms with E-state index in [0.717, 1.165) is 0 Å². The Morgan fingerprint density at radius 1 is 1.03 bits per heavy atom. The number of anilines is 1. The van der Waals surface area contributed by atoms with Crippen molar-refractivity contribution in [3.8, 4) is 11.5 Å². The second-order valence-corrected chi connectivity index (χ2v) is 11.7. The molecule has 0 spiro atoms. The predicted octanol–water partition coefficient (Wildman–Crippen LogP) is 4.63. The lowest BCUT2D eigenvalue weighted by atomic mass is 10.2. The number of fused-ring (bicyclic) bond motifs is 1. The SMILES string of the molecule is COc1ccc(OCC(=O)Nc2nc3ccc(S(=O)(=O)N(CC(C)C)CC(C)C)cc3s2)cc1. The first kappa shape index (κ1) is 25.9. The van der Waals surface area contributed by atoms with Crippen molar-refractivity contribution in [2.45, 2.75) is 32.6 Å². The van der Waals surface area contributed by atoms with Gasteiger partial charge in [-0.3, -0.25) is 10.1 Å². The minimum absolute atomic E-state index is 0.179. The summed E-state index contributed by atoms with van der Waals surface area (Å²) in [5.74, 6) is 1.31. The first-order chi connectivity index (χ1) is 16.1. The zero-order valence-corrected chi connectivity index (χ0v) is 21.7. The van der Waals surface area contributed by atoms with Gasteiger partial charge in [0, 0.05) is 13.1 Å². The highest BCUT2D eigenvalue weighted by molar-refractivity contribution is 7.89. The van der Waals surface area contributed by atoms with Gasteiger partial charge in [0.1, 0.15) is 11.5 Å². The number of sulfonamides is 1. The molecule has 0 radical (unpaired) electrons. The summed E-state index contributed by atoms with van der Waals surface area (Å²) in [6, 6.07) is 11.8. The second-order valence-electron chi connectivity index (χ2n) is 8.77. The van der Waals surface area contributed by atoms with Crippen LogP contribution in [0.5, 0.6) is 11.5 Å². The van der Waals surface area contributed by atoms with Crippen molar-refractivity contribution in [3.63, 3.8) is 0 Å². The molecule has 0 bridgehead atoms. The molecule has 1 N–H and O–H groups in total. The van der Waals surface area contributed by atoms with Gasteiger partial charge in [0.25, 0.3) is 5.91 Å². The van der Waals surface area contributed by atoms with Gasteiger partial charge in [0.15, 0.2) is 11.7 Å². The highest BCUT2D eigenvalue weighted by Crippen LogP contribution is 2.30. The van der Waals surface area contributed by atoms with E-state index in [2.05, 4.69) is 10.3 Å². The number of aromatic nitrogens is 1. The monoisotopic (exact) mass is 505 g/mol. The number of nitrogens with zero attached hydrogens (tertiary/aromatic N) is 2. The summed E-state index contributed by atoms with van der Waals surface area (Å²) < 4.78 is 39.4. The molecule has 0 aliphatic carbocycles. The molecule has 0 saturated carbocycles. The highest BCUT2D eigenvalue weighted by Gasteiger charge is 2.26. The summed E-state index contributed by atoms with van der Waals surface area (Å²) in [5, 5.41) is 3.10. The standard InChI is InChI=1S/C24H31N3O5S2/c1-16(2)13-27(14-17(3)4)34(29,30)20-10-11-21-22(12-20)33-24(25-21)26-23(28)15-32-19-8-6-18(31-5)7-9-19/h6-12,16-17H,13-15H2,1-5H3,(H,25,26,28). The number of hydrogen-bond acceptors (Lipinski definition) is 7. The van der Waals surface area contributed by atoms with Crippen molar-refractivity contribution in [3.05, 3.63) is 42.5 Å². The van der Waals surface area contributed by atoms with Gasteiger partial charge in [-0.2, -0.15) is 4.31 Å². The molecule has 0 aliphatic rings. The number of carbonyl (C=O) groups excluding carboxylic acids is 1. The molecular weight excluding hydrogens is 474 g/mol. The third-order valence-electron chi connectivity index (χ3n) is 4.81. The zero-order valence-electron chi connectivity index (χ0n) is 20.1. The van der Waals surface area contributed by atoms with Crippen molar-refractivity contribution in [1.82, 2.24) is 9.29 Å². The summed E-state index contributed by atoms with van der Waals surface area (Å²) in [6.45, 7) is 8.74. The maximum absolute atomic E-state index is 13.3. The predicted molar refractivity (Wildman–Crippen MR) is 135 cm³/mol. The Balaban J connectivity index is 1.71. The molecule has 3 rings (SSSR count). The molecule has 0 fully saturated rings. The molecule has 0 saturated heterocycles. The Labute approximate surface area is 205 Å². The minimum Gasteiger partial charge on any atom is -0.497 e. The largest absolute Gasteiger partial charge is 0.497 e. The average molecular weight is 506 g/mol. The van der Waals surface area contributed by atoms with Gasteiger partial charge in [-0.1, -0.05) is 39.0 Å². The number of nitrogens with one attached hydrogen (secondary N) is 1. The molecule has 1 heterocycles. The van der Waals surface area contributed by atoms with Gasteiger partial charge in [-0.15, -0.1) is 0 Å². The summed E-state index contributed by atoms with van der Waals surface area (Å²) in [6.07, 6.45) is 0. The van der Waals surface area contributed by atoms with Crippen LogP contribution in [0.15, 0.2) is 47.4 Å². The Kier molecular flexibility index (Phi) is 8.51. The molecule has 0 unspecified atom stereocenters. The van der Waals surface area contributed by atoms with Crippen molar-refractivity contribution in [2.24, 2.45) is 11.8 Å². The van der Waals surface area contributed by atoms with Crippen LogP contribution in [0.1, 0.15) is 27.7 Å². The number of hydrogen-bond donors (Lipinski definition) is 1. The number of ether oxygens (including phenoxy) is 2. The van der Waals surface area contributed by atoms with Gasteiger partial charge in [0.2, 0.25) is 10.0 Å². The molecule has 34 heavy (non-hydrogen) atoms. The number of methoxy groups -OCH3 is 1. The van der Waals surface area contributed by atoms with Crippen LogP contribution < -0.4 is 14.8 Å². The fraction of sp³-hybridized carbons (Fsp3) is 0.417. The number of amides is 1. The summed E-state index contributed by atoms with van der Waals surface area (Å²) in [5.41, 5.74) is 0.620. The molecule has 0 atom stereocenters. The van der Waals surface area contributed by atoms with E-state index in [1.165, 1.54) is 11.3 Å². The summed E-state index contributed by atoms with van der Waals surface area (Å²) >= 11 is 1.22. The molecule has 2 aromatic carbocycles. The molecule has 1 amide bonds. The lowest BCUT2D eigenvalue weighted by molar-refractivity contribution is -0.118. The van der Waals surface area contributed by atoms with Crippen LogP contribution >= 0.6 is 11.3 Å². The fourth-order valence-corrected chi connectivity index (χ4v) is 6.12. The van der Waals surface area contributed by atoms with Crippen LogP contribution in [0, 0.1) is 11.8 Å². The lowest BCUT2D eigenvalue weighted by Crippen LogP contribution is -2.37. The Morgan fingerprint density at radius 3 is 2.24 bits per heavy atom.